The molecule has 0 radical (unpaired) electrons. The van der Waals surface area contributed by atoms with E-state index in [1.807, 2.05) is 0 Å². The standard InChI is InChI=1S/C15H23NO2/c1-3-13-5-7-14(8-6-13)16(2)10-9-15-17-11-4-12-18-15/h5-8,15H,3-4,9-12H2,1-2H3. The number of anilines is 1. The van der Waals surface area contributed by atoms with Gasteiger partial charge in [-0.25, -0.2) is 0 Å². The highest BCUT2D eigenvalue weighted by molar-refractivity contribution is 5.46. The predicted molar refractivity (Wildman–Crippen MR) is 74.0 cm³/mol. The number of hydrogen-bond acceptors (Lipinski definition) is 3. The molecule has 3 nitrogen and oxygen atoms in total. The van der Waals surface area contributed by atoms with E-state index in [0.717, 1.165) is 39.0 Å². The first kappa shape index (κ1) is 13.4. The maximum Gasteiger partial charge on any atom is 0.159 e. The molecule has 0 unspecified atom stereocenters. The monoisotopic (exact) mass is 249 g/mol. The van der Waals surface area contributed by atoms with Crippen molar-refractivity contribution in [2.45, 2.75) is 32.5 Å². The van der Waals surface area contributed by atoms with Crippen LogP contribution in [0.1, 0.15) is 25.3 Å². The molecule has 0 amide bonds. The summed E-state index contributed by atoms with van der Waals surface area (Å²) in [6, 6.07) is 8.75. The Kier molecular flexibility index (Phi) is 5.02. The quantitative estimate of drug-likeness (QED) is 0.801. The molecule has 1 aromatic carbocycles. The van der Waals surface area contributed by atoms with Gasteiger partial charge in [0.05, 0.1) is 13.2 Å². The molecular weight excluding hydrogens is 226 g/mol. The van der Waals surface area contributed by atoms with E-state index in [9.17, 15) is 0 Å². The molecule has 0 spiro atoms. The van der Waals surface area contributed by atoms with Crippen LogP contribution in [0.3, 0.4) is 0 Å². The van der Waals surface area contributed by atoms with Crippen molar-refractivity contribution in [1.29, 1.82) is 0 Å². The van der Waals surface area contributed by atoms with Crippen LogP contribution >= 0.6 is 0 Å². The van der Waals surface area contributed by atoms with E-state index in [1.54, 1.807) is 0 Å². The van der Waals surface area contributed by atoms with Gasteiger partial charge in [0.25, 0.3) is 0 Å². The highest BCUT2D eigenvalue weighted by Crippen LogP contribution is 2.16. The van der Waals surface area contributed by atoms with Gasteiger partial charge in [-0.15, -0.1) is 0 Å². The van der Waals surface area contributed by atoms with E-state index in [-0.39, 0.29) is 6.29 Å². The molecule has 0 bridgehead atoms. The van der Waals surface area contributed by atoms with Crippen molar-refractivity contribution >= 4 is 5.69 Å². The lowest BCUT2D eigenvalue weighted by atomic mass is 10.1. The van der Waals surface area contributed by atoms with Crippen LogP contribution in [0.2, 0.25) is 0 Å². The third-order valence-electron chi connectivity index (χ3n) is 3.38. The lowest BCUT2D eigenvalue weighted by Crippen LogP contribution is -2.29. The maximum absolute atomic E-state index is 5.55. The number of benzene rings is 1. The zero-order chi connectivity index (χ0) is 12.8. The van der Waals surface area contributed by atoms with E-state index in [0.29, 0.717) is 0 Å². The third kappa shape index (κ3) is 3.72. The average molecular weight is 249 g/mol. The maximum atomic E-state index is 5.55. The smallest absolute Gasteiger partial charge is 0.159 e. The summed E-state index contributed by atoms with van der Waals surface area (Å²) >= 11 is 0. The van der Waals surface area contributed by atoms with Crippen molar-refractivity contribution in [3.8, 4) is 0 Å². The van der Waals surface area contributed by atoms with Crippen molar-refractivity contribution in [2.24, 2.45) is 0 Å². The summed E-state index contributed by atoms with van der Waals surface area (Å²) in [5.74, 6) is 0. The van der Waals surface area contributed by atoms with Crippen LogP contribution in [-0.4, -0.2) is 33.1 Å². The Hall–Kier alpha value is -1.06. The Morgan fingerprint density at radius 1 is 1.17 bits per heavy atom. The molecule has 0 atom stereocenters. The summed E-state index contributed by atoms with van der Waals surface area (Å²) in [5.41, 5.74) is 2.63. The minimum absolute atomic E-state index is 0.0175. The number of ether oxygens (including phenoxy) is 2. The Labute approximate surface area is 110 Å². The molecule has 0 N–H and O–H groups in total. The second-order valence-corrected chi connectivity index (χ2v) is 4.75. The molecule has 1 aromatic rings. The first-order valence-electron chi connectivity index (χ1n) is 6.83. The van der Waals surface area contributed by atoms with Crippen LogP contribution in [0.15, 0.2) is 24.3 Å². The van der Waals surface area contributed by atoms with Crippen LogP contribution < -0.4 is 4.90 Å². The van der Waals surface area contributed by atoms with Crippen LogP contribution in [0.25, 0.3) is 0 Å². The summed E-state index contributed by atoms with van der Waals surface area (Å²) in [7, 11) is 2.11. The average Bonchev–Trinajstić information content (AvgIpc) is 2.46. The molecular formula is C15H23NO2. The highest BCUT2D eigenvalue weighted by Gasteiger charge is 2.14. The van der Waals surface area contributed by atoms with Gasteiger partial charge < -0.3 is 14.4 Å². The van der Waals surface area contributed by atoms with E-state index in [1.165, 1.54) is 11.3 Å². The predicted octanol–water partition coefficient (Wildman–Crippen LogP) is 2.84. The minimum Gasteiger partial charge on any atom is -0.374 e. The van der Waals surface area contributed by atoms with Gasteiger partial charge in [0.15, 0.2) is 6.29 Å². The van der Waals surface area contributed by atoms with E-state index < -0.39 is 0 Å². The lowest BCUT2D eigenvalue weighted by Gasteiger charge is -2.26. The van der Waals surface area contributed by atoms with Crippen molar-refractivity contribution in [1.82, 2.24) is 0 Å². The third-order valence-corrected chi connectivity index (χ3v) is 3.38. The molecule has 3 heteroatoms. The highest BCUT2D eigenvalue weighted by atomic mass is 16.7. The van der Waals surface area contributed by atoms with Crippen LogP contribution in [0, 0.1) is 0 Å². The van der Waals surface area contributed by atoms with Gasteiger partial charge in [0, 0.05) is 25.7 Å². The molecule has 1 fully saturated rings. The van der Waals surface area contributed by atoms with Gasteiger partial charge in [-0.1, -0.05) is 19.1 Å². The number of nitrogens with zero attached hydrogens (tertiary/aromatic N) is 1. The number of rotatable bonds is 5. The molecule has 1 aliphatic heterocycles. The van der Waals surface area contributed by atoms with Gasteiger partial charge in [-0.2, -0.15) is 0 Å². The van der Waals surface area contributed by atoms with Gasteiger partial charge in [0.2, 0.25) is 0 Å². The Bertz CT molecular complexity index is 344. The first-order chi connectivity index (χ1) is 8.79. The number of aryl methyl sites for hydroxylation is 1. The van der Waals surface area contributed by atoms with E-state index in [4.69, 9.17) is 9.47 Å². The molecule has 1 heterocycles. The van der Waals surface area contributed by atoms with Crippen molar-refractivity contribution in [3.05, 3.63) is 29.8 Å². The Morgan fingerprint density at radius 3 is 2.44 bits per heavy atom. The van der Waals surface area contributed by atoms with Crippen LogP contribution in [0.4, 0.5) is 5.69 Å². The molecule has 100 valence electrons. The SMILES string of the molecule is CCc1ccc(N(C)CCC2OCCCO2)cc1. The van der Waals surface area contributed by atoms with Crippen LogP contribution in [-0.2, 0) is 15.9 Å². The first-order valence-corrected chi connectivity index (χ1v) is 6.83. The fraction of sp³-hybridized carbons (Fsp3) is 0.600. The van der Waals surface area contributed by atoms with Gasteiger partial charge in [-0.3, -0.25) is 0 Å². The molecule has 1 saturated heterocycles. The van der Waals surface area contributed by atoms with Crippen LogP contribution in [0.5, 0.6) is 0 Å². The summed E-state index contributed by atoms with van der Waals surface area (Å²) in [5, 5.41) is 0. The second kappa shape index (κ2) is 6.76. The topological polar surface area (TPSA) is 21.7 Å². The summed E-state index contributed by atoms with van der Waals surface area (Å²) in [6.07, 6.45) is 3.01. The summed E-state index contributed by atoms with van der Waals surface area (Å²) in [6.45, 7) is 4.80. The van der Waals surface area contributed by atoms with Crippen molar-refractivity contribution < 1.29 is 9.47 Å². The summed E-state index contributed by atoms with van der Waals surface area (Å²) < 4.78 is 11.1. The summed E-state index contributed by atoms with van der Waals surface area (Å²) in [4.78, 5) is 2.25. The molecule has 0 saturated carbocycles. The lowest BCUT2D eigenvalue weighted by molar-refractivity contribution is -0.179. The van der Waals surface area contributed by atoms with Gasteiger partial charge in [-0.05, 0) is 30.5 Å². The van der Waals surface area contributed by atoms with E-state index in [2.05, 4.69) is 43.1 Å². The Balaban J connectivity index is 1.80. The van der Waals surface area contributed by atoms with Crippen molar-refractivity contribution in [3.63, 3.8) is 0 Å². The Morgan fingerprint density at radius 2 is 1.83 bits per heavy atom. The fourth-order valence-electron chi connectivity index (χ4n) is 2.12. The normalized spacial score (nSPS) is 16.8. The zero-order valence-electron chi connectivity index (χ0n) is 11.4. The fourth-order valence-corrected chi connectivity index (χ4v) is 2.12. The largest absolute Gasteiger partial charge is 0.374 e. The molecule has 0 aromatic heterocycles. The minimum atomic E-state index is -0.0175. The second-order valence-electron chi connectivity index (χ2n) is 4.75. The molecule has 0 aliphatic carbocycles. The van der Waals surface area contributed by atoms with E-state index >= 15 is 0 Å². The van der Waals surface area contributed by atoms with Gasteiger partial charge in [0.1, 0.15) is 0 Å². The molecule has 1 aliphatic rings. The number of hydrogen-bond donors (Lipinski definition) is 0. The van der Waals surface area contributed by atoms with Crippen molar-refractivity contribution in [2.75, 3.05) is 31.7 Å². The molecule has 18 heavy (non-hydrogen) atoms. The molecule has 2 rings (SSSR count). The zero-order valence-corrected chi connectivity index (χ0v) is 11.4. The van der Waals surface area contributed by atoms with Gasteiger partial charge >= 0.3 is 0 Å².